The van der Waals surface area contributed by atoms with Crippen molar-refractivity contribution in [3.63, 3.8) is 0 Å². The molecule has 5 nitrogen and oxygen atoms in total. The summed E-state index contributed by atoms with van der Waals surface area (Å²) in [6.07, 6.45) is 3.42. The largest absolute Gasteiger partial charge is 0.474 e. The number of hydrogen-bond donors (Lipinski definition) is 0. The van der Waals surface area contributed by atoms with Crippen LogP contribution in [0.15, 0.2) is 12.3 Å². The second-order valence-corrected chi connectivity index (χ2v) is 4.54. The van der Waals surface area contributed by atoms with Crippen molar-refractivity contribution >= 4 is 17.5 Å². The molecule has 0 bridgehead atoms. The lowest BCUT2D eigenvalue weighted by atomic mass is 10.1. The fourth-order valence-electron chi connectivity index (χ4n) is 1.98. The standard InChI is InChI=1S/C12H16ClN3O2/c1-9-14-5-2-11(15-9)18-10-3-6-16(7-4-10)12(17)8-13/h2,5,10H,3-4,6-8H2,1H3. The maximum Gasteiger partial charge on any atom is 0.237 e. The van der Waals surface area contributed by atoms with E-state index in [9.17, 15) is 4.79 Å². The first-order valence-corrected chi connectivity index (χ1v) is 6.52. The van der Waals surface area contributed by atoms with Gasteiger partial charge >= 0.3 is 0 Å². The summed E-state index contributed by atoms with van der Waals surface area (Å²) >= 11 is 5.53. The van der Waals surface area contributed by atoms with Crippen LogP contribution in [0.1, 0.15) is 18.7 Å². The zero-order valence-electron chi connectivity index (χ0n) is 10.3. The summed E-state index contributed by atoms with van der Waals surface area (Å²) in [5.41, 5.74) is 0. The lowest BCUT2D eigenvalue weighted by Crippen LogP contribution is -2.42. The summed E-state index contributed by atoms with van der Waals surface area (Å²) in [6.45, 7) is 3.22. The number of alkyl halides is 1. The summed E-state index contributed by atoms with van der Waals surface area (Å²) in [6, 6.07) is 1.75. The molecule has 0 aromatic carbocycles. The zero-order chi connectivity index (χ0) is 13.0. The van der Waals surface area contributed by atoms with Gasteiger partial charge < -0.3 is 9.64 Å². The Balaban J connectivity index is 1.85. The highest BCUT2D eigenvalue weighted by Crippen LogP contribution is 2.17. The van der Waals surface area contributed by atoms with E-state index in [1.54, 1.807) is 17.2 Å². The molecule has 2 heterocycles. The van der Waals surface area contributed by atoms with Crippen molar-refractivity contribution in [1.82, 2.24) is 14.9 Å². The van der Waals surface area contributed by atoms with Gasteiger partial charge in [-0.15, -0.1) is 11.6 Å². The maximum atomic E-state index is 11.4. The minimum absolute atomic E-state index is 0.00648. The van der Waals surface area contributed by atoms with Gasteiger partial charge in [-0.1, -0.05) is 0 Å². The van der Waals surface area contributed by atoms with Gasteiger partial charge in [0.2, 0.25) is 11.8 Å². The van der Waals surface area contributed by atoms with Gasteiger partial charge in [0.25, 0.3) is 0 Å². The first-order chi connectivity index (χ1) is 8.69. The summed E-state index contributed by atoms with van der Waals surface area (Å²) in [5.74, 6) is 1.34. The molecule has 18 heavy (non-hydrogen) atoms. The van der Waals surface area contributed by atoms with Crippen LogP contribution in [0, 0.1) is 6.92 Å². The molecule has 98 valence electrons. The molecule has 0 unspecified atom stereocenters. The number of carbonyl (C=O) groups excluding carboxylic acids is 1. The van der Waals surface area contributed by atoms with Gasteiger partial charge in [-0.05, 0) is 6.92 Å². The van der Waals surface area contributed by atoms with Gasteiger partial charge in [-0.3, -0.25) is 4.79 Å². The molecule has 0 spiro atoms. The monoisotopic (exact) mass is 269 g/mol. The van der Waals surface area contributed by atoms with E-state index in [2.05, 4.69) is 9.97 Å². The van der Waals surface area contributed by atoms with Crippen molar-refractivity contribution in [2.75, 3.05) is 19.0 Å². The number of ether oxygens (including phenoxy) is 1. The average Bonchev–Trinajstić information content (AvgIpc) is 2.39. The highest BCUT2D eigenvalue weighted by Gasteiger charge is 2.23. The molecule has 1 aliphatic rings. The fraction of sp³-hybridized carbons (Fsp3) is 0.583. The number of halogens is 1. The molecule has 0 radical (unpaired) electrons. The van der Waals surface area contributed by atoms with E-state index in [0.717, 1.165) is 12.8 Å². The van der Waals surface area contributed by atoms with E-state index >= 15 is 0 Å². The molecule has 1 aromatic heterocycles. The molecule has 2 rings (SSSR count). The predicted molar refractivity (Wildman–Crippen MR) is 67.7 cm³/mol. The maximum absolute atomic E-state index is 11.4. The molecule has 0 N–H and O–H groups in total. The third kappa shape index (κ3) is 3.32. The number of hydrogen-bond acceptors (Lipinski definition) is 4. The Morgan fingerprint density at radius 3 is 2.89 bits per heavy atom. The third-order valence-corrected chi connectivity index (χ3v) is 3.18. The molecule has 6 heteroatoms. The van der Waals surface area contributed by atoms with Gasteiger partial charge in [0.05, 0.1) is 0 Å². The number of amides is 1. The van der Waals surface area contributed by atoms with Gasteiger partial charge in [0, 0.05) is 38.2 Å². The number of aryl methyl sites for hydroxylation is 1. The van der Waals surface area contributed by atoms with Crippen LogP contribution in [-0.2, 0) is 4.79 Å². The highest BCUT2D eigenvalue weighted by atomic mass is 35.5. The normalized spacial score (nSPS) is 16.7. The number of aromatic nitrogens is 2. The number of carbonyl (C=O) groups is 1. The van der Waals surface area contributed by atoms with E-state index in [1.807, 2.05) is 6.92 Å². The lowest BCUT2D eigenvalue weighted by molar-refractivity contribution is -0.130. The minimum Gasteiger partial charge on any atom is -0.474 e. The highest BCUT2D eigenvalue weighted by molar-refractivity contribution is 6.27. The number of nitrogens with zero attached hydrogens (tertiary/aromatic N) is 3. The minimum atomic E-state index is -0.00648. The molecule has 1 aliphatic heterocycles. The molecule has 1 fully saturated rings. The Morgan fingerprint density at radius 2 is 2.28 bits per heavy atom. The van der Waals surface area contributed by atoms with Gasteiger partial charge in [-0.2, -0.15) is 4.98 Å². The van der Waals surface area contributed by atoms with E-state index < -0.39 is 0 Å². The van der Waals surface area contributed by atoms with Crippen molar-refractivity contribution in [1.29, 1.82) is 0 Å². The second kappa shape index (κ2) is 6.00. The Bertz CT molecular complexity index is 420. The third-order valence-electron chi connectivity index (χ3n) is 2.95. The number of likely N-dealkylation sites (tertiary alicyclic amines) is 1. The van der Waals surface area contributed by atoms with Crippen LogP contribution in [0.4, 0.5) is 0 Å². The topological polar surface area (TPSA) is 55.3 Å². The van der Waals surface area contributed by atoms with Crippen molar-refractivity contribution in [2.45, 2.75) is 25.9 Å². The summed E-state index contributed by atoms with van der Waals surface area (Å²) in [5, 5.41) is 0. The molecule has 1 aromatic rings. The van der Waals surface area contributed by atoms with Crippen molar-refractivity contribution < 1.29 is 9.53 Å². The van der Waals surface area contributed by atoms with Gasteiger partial charge in [0.15, 0.2) is 0 Å². The molecular weight excluding hydrogens is 254 g/mol. The number of rotatable bonds is 3. The Kier molecular flexibility index (Phi) is 4.36. The zero-order valence-corrected chi connectivity index (χ0v) is 11.1. The molecule has 0 saturated carbocycles. The van der Waals surface area contributed by atoms with Crippen LogP contribution < -0.4 is 4.74 Å². The van der Waals surface area contributed by atoms with Crippen LogP contribution in [0.2, 0.25) is 0 Å². The molecule has 0 atom stereocenters. The fourth-order valence-corrected chi connectivity index (χ4v) is 2.15. The van der Waals surface area contributed by atoms with Crippen LogP contribution in [0.3, 0.4) is 0 Å². The lowest BCUT2D eigenvalue weighted by Gasteiger charge is -2.31. The van der Waals surface area contributed by atoms with Crippen molar-refractivity contribution in [3.8, 4) is 5.88 Å². The van der Waals surface area contributed by atoms with Crippen LogP contribution >= 0.6 is 11.6 Å². The Hall–Kier alpha value is -1.36. The van der Waals surface area contributed by atoms with E-state index in [4.69, 9.17) is 16.3 Å². The molecular formula is C12H16ClN3O2. The van der Waals surface area contributed by atoms with E-state index in [0.29, 0.717) is 24.8 Å². The SMILES string of the molecule is Cc1nccc(OC2CCN(C(=O)CCl)CC2)n1. The first kappa shape index (κ1) is 13.1. The predicted octanol–water partition coefficient (Wildman–Crippen LogP) is 1.39. The summed E-state index contributed by atoms with van der Waals surface area (Å²) < 4.78 is 5.78. The van der Waals surface area contributed by atoms with Crippen molar-refractivity contribution in [3.05, 3.63) is 18.1 Å². The van der Waals surface area contributed by atoms with Crippen LogP contribution in [0.25, 0.3) is 0 Å². The van der Waals surface area contributed by atoms with E-state index in [-0.39, 0.29) is 17.9 Å². The van der Waals surface area contributed by atoms with Gasteiger partial charge in [0.1, 0.15) is 17.8 Å². The second-order valence-electron chi connectivity index (χ2n) is 4.27. The summed E-state index contributed by atoms with van der Waals surface area (Å²) in [4.78, 5) is 21.4. The van der Waals surface area contributed by atoms with E-state index in [1.165, 1.54) is 0 Å². The average molecular weight is 270 g/mol. The Morgan fingerprint density at radius 1 is 1.56 bits per heavy atom. The van der Waals surface area contributed by atoms with Gasteiger partial charge in [-0.25, -0.2) is 4.98 Å². The number of piperidine rings is 1. The Labute approximate surface area is 111 Å². The summed E-state index contributed by atoms with van der Waals surface area (Å²) in [7, 11) is 0. The van der Waals surface area contributed by atoms with Crippen LogP contribution in [0.5, 0.6) is 5.88 Å². The molecule has 0 aliphatic carbocycles. The molecule has 1 saturated heterocycles. The van der Waals surface area contributed by atoms with Crippen molar-refractivity contribution in [2.24, 2.45) is 0 Å². The smallest absolute Gasteiger partial charge is 0.237 e. The quantitative estimate of drug-likeness (QED) is 0.778. The molecule has 1 amide bonds. The first-order valence-electron chi connectivity index (χ1n) is 5.99. The van der Waals surface area contributed by atoms with Crippen LogP contribution in [-0.4, -0.2) is 45.8 Å².